The minimum Gasteiger partial charge on any atom is -0.382 e. The highest BCUT2D eigenvalue weighted by Crippen LogP contribution is 2.35. The van der Waals surface area contributed by atoms with Gasteiger partial charge in [-0.2, -0.15) is 0 Å². The normalized spacial score (nSPS) is 16.1. The van der Waals surface area contributed by atoms with E-state index >= 15 is 0 Å². The zero-order valence-corrected chi connectivity index (χ0v) is 18.5. The molecule has 0 bridgehead atoms. The fraction of sp³-hybridized carbons (Fsp3) is 0.750. The van der Waals surface area contributed by atoms with E-state index in [0.29, 0.717) is 12.0 Å². The van der Waals surface area contributed by atoms with Gasteiger partial charge in [-0.3, -0.25) is 0 Å². The first-order valence-electron chi connectivity index (χ1n) is 11.4. The number of anilines is 1. The predicted octanol–water partition coefficient (Wildman–Crippen LogP) is 7.35. The van der Waals surface area contributed by atoms with Crippen LogP contribution in [0, 0.1) is 0 Å². The van der Waals surface area contributed by atoms with Gasteiger partial charge in [0.1, 0.15) is 7.85 Å². The summed E-state index contributed by atoms with van der Waals surface area (Å²) in [6, 6.07) is 7.07. The summed E-state index contributed by atoms with van der Waals surface area (Å²) in [7, 11) is 6.10. The van der Waals surface area contributed by atoms with Crippen molar-refractivity contribution in [3.63, 3.8) is 0 Å². The first-order valence-corrected chi connectivity index (χ1v) is 11.4. The molecule has 2 rings (SSSR count). The molecule has 1 aromatic carbocycles. The molecule has 1 atom stereocenters. The number of nitrogens with one attached hydrogen (secondary N) is 1. The molecular formula is C24H44BN. The Hall–Kier alpha value is -0.915. The molecule has 0 aromatic heterocycles. The van der Waals surface area contributed by atoms with E-state index in [2.05, 4.69) is 31.3 Å². The van der Waals surface area contributed by atoms with Crippen LogP contribution in [0.5, 0.6) is 0 Å². The van der Waals surface area contributed by atoms with Crippen LogP contribution in [0.4, 0.5) is 5.69 Å². The van der Waals surface area contributed by atoms with Crippen molar-refractivity contribution >= 4 is 19.0 Å². The average molecular weight is 357 g/mol. The highest BCUT2D eigenvalue weighted by molar-refractivity contribution is 6.32. The Bertz CT molecular complexity index is 436. The molecule has 0 spiro atoms. The molecule has 0 heterocycles. The lowest BCUT2D eigenvalue weighted by atomic mass is 9.82. The van der Waals surface area contributed by atoms with Gasteiger partial charge in [0.05, 0.1) is 0 Å². The molecule has 2 radical (unpaired) electrons. The van der Waals surface area contributed by atoms with Crippen LogP contribution in [-0.4, -0.2) is 13.9 Å². The first kappa shape index (κ1) is 25.1. The summed E-state index contributed by atoms with van der Waals surface area (Å²) >= 11 is 0. The van der Waals surface area contributed by atoms with Gasteiger partial charge in [0, 0.05) is 11.7 Å². The van der Waals surface area contributed by atoms with E-state index in [0.717, 1.165) is 5.46 Å². The molecule has 148 valence electrons. The summed E-state index contributed by atoms with van der Waals surface area (Å²) in [6.07, 6.45) is 13.3. The summed E-state index contributed by atoms with van der Waals surface area (Å²) in [6.45, 7) is 12.5. The quantitative estimate of drug-likeness (QED) is 0.525. The van der Waals surface area contributed by atoms with Gasteiger partial charge in [0.2, 0.25) is 0 Å². The maximum atomic E-state index is 6.10. The van der Waals surface area contributed by atoms with E-state index in [4.69, 9.17) is 7.85 Å². The highest BCUT2D eigenvalue weighted by atomic mass is 14.9. The number of rotatable bonds is 6. The second-order valence-electron chi connectivity index (χ2n) is 6.93. The van der Waals surface area contributed by atoms with Crippen molar-refractivity contribution in [2.45, 2.75) is 118 Å². The monoisotopic (exact) mass is 357 g/mol. The molecule has 1 aliphatic carbocycles. The largest absolute Gasteiger partial charge is 0.382 e. The molecular weight excluding hydrogens is 313 g/mol. The van der Waals surface area contributed by atoms with Crippen molar-refractivity contribution in [1.82, 2.24) is 0 Å². The maximum Gasteiger partial charge on any atom is 0.113 e. The average Bonchev–Trinajstić information content (AvgIpc) is 2.66. The first-order chi connectivity index (χ1) is 12.7. The number of hydrogen-bond acceptors (Lipinski definition) is 1. The van der Waals surface area contributed by atoms with Crippen molar-refractivity contribution in [1.29, 1.82) is 0 Å². The third kappa shape index (κ3) is 9.15. The Labute approximate surface area is 166 Å². The lowest BCUT2D eigenvalue weighted by Crippen LogP contribution is -2.21. The van der Waals surface area contributed by atoms with Crippen LogP contribution < -0.4 is 10.8 Å². The molecule has 1 unspecified atom stereocenters. The molecule has 0 amide bonds. The van der Waals surface area contributed by atoms with Crippen LogP contribution in [0.1, 0.15) is 117 Å². The zero-order chi connectivity index (χ0) is 19.8. The number of hydrogen-bond donors (Lipinski definition) is 1. The van der Waals surface area contributed by atoms with Gasteiger partial charge in [0.15, 0.2) is 0 Å². The van der Waals surface area contributed by atoms with Crippen LogP contribution in [0.2, 0.25) is 0 Å². The maximum absolute atomic E-state index is 6.10. The summed E-state index contributed by atoms with van der Waals surface area (Å²) < 4.78 is 0. The van der Waals surface area contributed by atoms with Crippen LogP contribution in [0.25, 0.3) is 0 Å². The molecule has 1 aromatic rings. The van der Waals surface area contributed by atoms with Crippen LogP contribution in [-0.2, 0) is 0 Å². The minimum absolute atomic E-state index is 0.584. The van der Waals surface area contributed by atoms with Crippen molar-refractivity contribution in [3.8, 4) is 0 Å². The van der Waals surface area contributed by atoms with Gasteiger partial charge in [0.25, 0.3) is 0 Å². The van der Waals surface area contributed by atoms with Gasteiger partial charge in [-0.15, -0.1) is 0 Å². The Morgan fingerprint density at radius 3 is 2.08 bits per heavy atom. The predicted molar refractivity (Wildman–Crippen MR) is 122 cm³/mol. The molecule has 1 N–H and O–H groups in total. The zero-order valence-electron chi connectivity index (χ0n) is 18.5. The van der Waals surface area contributed by atoms with Crippen LogP contribution >= 0.6 is 0 Å². The molecule has 2 heteroatoms. The van der Waals surface area contributed by atoms with E-state index in [-0.39, 0.29) is 0 Å². The lowest BCUT2D eigenvalue weighted by molar-refractivity contribution is 0.456. The molecule has 1 fully saturated rings. The van der Waals surface area contributed by atoms with Gasteiger partial charge in [-0.1, -0.05) is 97.7 Å². The van der Waals surface area contributed by atoms with Gasteiger partial charge >= 0.3 is 0 Å². The van der Waals surface area contributed by atoms with E-state index in [1.165, 1.54) is 75.5 Å². The molecule has 0 saturated heterocycles. The molecule has 26 heavy (non-hydrogen) atoms. The van der Waals surface area contributed by atoms with Gasteiger partial charge in [-0.25, -0.2) is 0 Å². The molecule has 0 aliphatic heterocycles. The number of benzene rings is 1. The van der Waals surface area contributed by atoms with E-state index in [1.54, 1.807) is 0 Å². The molecule has 1 aliphatic rings. The smallest absolute Gasteiger partial charge is 0.113 e. The minimum atomic E-state index is 0.584. The summed E-state index contributed by atoms with van der Waals surface area (Å²) in [4.78, 5) is 0. The summed E-state index contributed by atoms with van der Waals surface area (Å²) in [5, 5.41) is 3.80. The third-order valence-corrected chi connectivity index (χ3v) is 5.11. The van der Waals surface area contributed by atoms with Gasteiger partial charge in [-0.05, 0) is 43.2 Å². The van der Waals surface area contributed by atoms with E-state index in [1.807, 2.05) is 33.8 Å². The fourth-order valence-corrected chi connectivity index (χ4v) is 3.76. The Morgan fingerprint density at radius 2 is 1.54 bits per heavy atom. The molecule has 1 saturated carbocycles. The standard InChI is InChI=1S/C20H32BN.2C2H6/c1-3-10-18(4-2)22-20-14-13-17(21)15-19(20)16-11-8-6-5-7-9-12-16;2*1-2/h13-16,18,22H,3-12H2,1-2H3;2*1-2H3. The summed E-state index contributed by atoms with van der Waals surface area (Å²) in [5.41, 5.74) is 3.71. The second kappa shape index (κ2) is 16.3. The highest BCUT2D eigenvalue weighted by Gasteiger charge is 2.18. The Balaban J connectivity index is 0.00000146. The second-order valence-corrected chi connectivity index (χ2v) is 6.93. The van der Waals surface area contributed by atoms with Crippen LogP contribution in [0.15, 0.2) is 18.2 Å². The topological polar surface area (TPSA) is 12.0 Å². The van der Waals surface area contributed by atoms with E-state index < -0.39 is 0 Å². The lowest BCUT2D eigenvalue weighted by Gasteiger charge is -2.26. The van der Waals surface area contributed by atoms with Crippen molar-refractivity contribution in [3.05, 3.63) is 23.8 Å². The Morgan fingerprint density at radius 1 is 0.962 bits per heavy atom. The van der Waals surface area contributed by atoms with Gasteiger partial charge < -0.3 is 5.32 Å². The van der Waals surface area contributed by atoms with Crippen molar-refractivity contribution < 1.29 is 0 Å². The van der Waals surface area contributed by atoms with Crippen molar-refractivity contribution in [2.75, 3.05) is 5.32 Å². The third-order valence-electron chi connectivity index (χ3n) is 5.11. The van der Waals surface area contributed by atoms with Crippen LogP contribution in [0.3, 0.4) is 0 Å². The van der Waals surface area contributed by atoms with E-state index in [9.17, 15) is 0 Å². The van der Waals surface area contributed by atoms with Crippen molar-refractivity contribution in [2.24, 2.45) is 0 Å². The Kier molecular flexibility index (Phi) is 15.7. The fourth-order valence-electron chi connectivity index (χ4n) is 3.76. The summed E-state index contributed by atoms with van der Waals surface area (Å²) in [5.74, 6) is 0.686. The molecule has 1 nitrogen and oxygen atoms in total. The SMILES string of the molecule is CC.CC.[B]c1ccc(NC(CC)CCC)c(C2CCCCCCC2)c1.